The molecule has 1 saturated heterocycles. The van der Waals surface area contributed by atoms with E-state index in [2.05, 4.69) is 28.1 Å². The van der Waals surface area contributed by atoms with Crippen LogP contribution < -0.4 is 9.47 Å². The molecule has 0 bridgehead atoms. The van der Waals surface area contributed by atoms with Crippen LogP contribution in [0.2, 0.25) is 0 Å². The highest BCUT2D eigenvalue weighted by atomic mass is 16.6. The van der Waals surface area contributed by atoms with Crippen molar-refractivity contribution in [2.24, 2.45) is 23.7 Å². The number of rotatable bonds is 5. The van der Waals surface area contributed by atoms with E-state index in [-0.39, 0.29) is 18.0 Å². The molecule has 1 aromatic rings. The number of likely N-dealkylation sites (tertiary alicyclic amines) is 1. The number of carbonyl (C=O) groups excluding carboxylic acids is 1. The Morgan fingerprint density at radius 3 is 2.96 bits per heavy atom. The van der Waals surface area contributed by atoms with Gasteiger partial charge in [-0.3, -0.25) is 9.69 Å². The predicted molar refractivity (Wildman–Crippen MR) is 103 cm³/mol. The molecule has 2 aliphatic heterocycles. The first-order chi connectivity index (χ1) is 13.7. The summed E-state index contributed by atoms with van der Waals surface area (Å²) >= 11 is 0. The van der Waals surface area contributed by atoms with Crippen LogP contribution in [0.3, 0.4) is 0 Å². The fraction of sp³-hybridized carbons (Fsp3) is 0.545. The Balaban J connectivity index is 1.11. The molecule has 0 aromatic carbocycles. The smallest absolute Gasteiger partial charge is 0.309 e. The Kier molecular flexibility index (Phi) is 4.59. The van der Waals surface area contributed by atoms with Gasteiger partial charge in [0, 0.05) is 31.7 Å². The number of carbonyl (C=O) groups is 1. The lowest BCUT2D eigenvalue weighted by molar-refractivity contribution is -0.145. The summed E-state index contributed by atoms with van der Waals surface area (Å²) in [6.45, 7) is 5.88. The molecular weight excluding hydrogens is 356 g/mol. The summed E-state index contributed by atoms with van der Waals surface area (Å²) in [5, 5.41) is 0. The molecule has 6 heteroatoms. The Hall–Kier alpha value is -2.34. The van der Waals surface area contributed by atoms with Gasteiger partial charge in [-0.15, -0.1) is 0 Å². The number of hydrogen-bond acceptors (Lipinski definition) is 6. The van der Waals surface area contributed by atoms with Gasteiger partial charge in [-0.2, -0.15) is 0 Å². The molecule has 28 heavy (non-hydrogen) atoms. The van der Waals surface area contributed by atoms with Crippen molar-refractivity contribution in [2.45, 2.75) is 19.4 Å². The summed E-state index contributed by atoms with van der Waals surface area (Å²) < 4.78 is 17.0. The highest BCUT2D eigenvalue weighted by molar-refractivity contribution is 5.77. The van der Waals surface area contributed by atoms with Crippen molar-refractivity contribution in [3.05, 3.63) is 42.1 Å². The van der Waals surface area contributed by atoms with Gasteiger partial charge in [-0.05, 0) is 42.9 Å². The van der Waals surface area contributed by atoms with E-state index in [1.165, 1.54) is 5.57 Å². The first kappa shape index (κ1) is 17.7. The zero-order chi connectivity index (χ0) is 19.1. The monoisotopic (exact) mass is 382 g/mol. The van der Waals surface area contributed by atoms with Crippen molar-refractivity contribution in [2.75, 3.05) is 32.8 Å². The van der Waals surface area contributed by atoms with Crippen molar-refractivity contribution >= 4 is 5.97 Å². The maximum absolute atomic E-state index is 11.9. The summed E-state index contributed by atoms with van der Waals surface area (Å²) in [4.78, 5) is 18.6. The van der Waals surface area contributed by atoms with Crippen molar-refractivity contribution < 1.29 is 19.0 Å². The fourth-order valence-corrected chi connectivity index (χ4v) is 4.80. The molecule has 3 heterocycles. The first-order valence-corrected chi connectivity index (χ1v) is 10.2. The zero-order valence-corrected chi connectivity index (χ0v) is 16.1. The van der Waals surface area contributed by atoms with E-state index in [1.807, 2.05) is 19.1 Å². The summed E-state index contributed by atoms with van der Waals surface area (Å²) in [5.41, 5.74) is 1.35. The normalized spacial score (nSPS) is 33.2. The van der Waals surface area contributed by atoms with Gasteiger partial charge in [0.2, 0.25) is 0 Å². The van der Waals surface area contributed by atoms with Gasteiger partial charge in [0.1, 0.15) is 12.7 Å². The van der Waals surface area contributed by atoms with Crippen LogP contribution in [-0.2, 0) is 9.53 Å². The van der Waals surface area contributed by atoms with Crippen LogP contribution in [0.4, 0.5) is 0 Å². The average molecular weight is 382 g/mol. The molecule has 148 valence electrons. The molecule has 0 amide bonds. The van der Waals surface area contributed by atoms with Gasteiger partial charge in [0.25, 0.3) is 5.88 Å². The van der Waals surface area contributed by atoms with Gasteiger partial charge < -0.3 is 14.2 Å². The fourth-order valence-electron chi connectivity index (χ4n) is 4.80. The van der Waals surface area contributed by atoms with Crippen LogP contribution in [-0.4, -0.2) is 54.8 Å². The third-order valence-electron chi connectivity index (χ3n) is 6.32. The second-order valence-corrected chi connectivity index (χ2v) is 8.11. The Morgan fingerprint density at radius 1 is 1.36 bits per heavy atom. The molecule has 1 aromatic heterocycles. The number of allylic oxidation sites excluding steroid dienone is 1. The van der Waals surface area contributed by atoms with E-state index in [4.69, 9.17) is 14.2 Å². The molecule has 2 aliphatic carbocycles. The Bertz CT molecular complexity index is 809. The second-order valence-electron chi connectivity index (χ2n) is 8.11. The van der Waals surface area contributed by atoms with Crippen LogP contribution in [0.1, 0.15) is 13.3 Å². The number of aromatic nitrogens is 1. The standard InChI is InChI=1S/C22H26N2O4/c1-2-26-22(25)20-16-11-24(12-17(16)20)10-14-5-7-15(8-6-14)19-13-27-18-4-3-9-23-21(18)28-19/h3-7,9,15-17,19-20H,2,8,10-13H2,1H3/t15?,16-,17+,19-,20+/m1/s1. The molecule has 0 radical (unpaired) electrons. The van der Waals surface area contributed by atoms with Crippen molar-refractivity contribution in [3.8, 4) is 11.6 Å². The Morgan fingerprint density at radius 2 is 2.21 bits per heavy atom. The highest BCUT2D eigenvalue weighted by Gasteiger charge is 2.60. The Labute approximate surface area is 165 Å². The maximum atomic E-state index is 11.9. The summed E-state index contributed by atoms with van der Waals surface area (Å²) in [5.74, 6) is 2.77. The lowest BCUT2D eigenvalue weighted by Gasteiger charge is -2.31. The van der Waals surface area contributed by atoms with Gasteiger partial charge in [-0.1, -0.05) is 18.2 Å². The van der Waals surface area contributed by atoms with Crippen molar-refractivity contribution in [3.63, 3.8) is 0 Å². The number of nitrogens with zero attached hydrogens (tertiary/aromatic N) is 2. The van der Waals surface area contributed by atoms with E-state index >= 15 is 0 Å². The minimum atomic E-state index is 0.00113. The van der Waals surface area contributed by atoms with E-state index in [0.29, 0.717) is 36.8 Å². The quantitative estimate of drug-likeness (QED) is 0.729. The molecule has 0 spiro atoms. The molecule has 1 saturated carbocycles. The number of ether oxygens (including phenoxy) is 3. The van der Waals surface area contributed by atoms with Crippen LogP contribution in [0, 0.1) is 23.7 Å². The second kappa shape index (κ2) is 7.24. The number of piperidine rings is 1. The number of pyridine rings is 1. The van der Waals surface area contributed by atoms with Gasteiger partial charge >= 0.3 is 5.97 Å². The lowest BCUT2D eigenvalue weighted by atomic mass is 9.91. The minimum Gasteiger partial charge on any atom is -0.484 e. The molecular formula is C22H26N2O4. The van der Waals surface area contributed by atoms with Crippen molar-refractivity contribution in [1.82, 2.24) is 9.88 Å². The van der Waals surface area contributed by atoms with Crippen molar-refractivity contribution in [1.29, 1.82) is 0 Å². The molecule has 4 aliphatic rings. The number of esters is 1. The maximum Gasteiger partial charge on any atom is 0.309 e. The first-order valence-electron chi connectivity index (χ1n) is 10.2. The lowest BCUT2D eigenvalue weighted by Crippen LogP contribution is -2.36. The molecule has 5 atom stereocenters. The van der Waals surface area contributed by atoms with Crippen LogP contribution in [0.5, 0.6) is 11.6 Å². The van der Waals surface area contributed by atoms with E-state index in [0.717, 1.165) is 31.8 Å². The molecule has 5 rings (SSSR count). The van der Waals surface area contributed by atoms with E-state index < -0.39 is 0 Å². The van der Waals surface area contributed by atoms with Gasteiger partial charge in [0.05, 0.1) is 12.5 Å². The topological polar surface area (TPSA) is 60.9 Å². The highest BCUT2D eigenvalue weighted by Crippen LogP contribution is 2.52. The SMILES string of the molecule is CCOC(=O)[C@H]1[C@@H]2CN(CC3=CCC([C@H]4COc5cccnc5O4)C=C3)C[C@@H]21. The average Bonchev–Trinajstić information content (AvgIpc) is 3.24. The zero-order valence-electron chi connectivity index (χ0n) is 16.1. The minimum absolute atomic E-state index is 0.00113. The largest absolute Gasteiger partial charge is 0.484 e. The molecule has 6 nitrogen and oxygen atoms in total. The number of hydrogen-bond donors (Lipinski definition) is 0. The number of fused-ring (bicyclic) bond motifs is 2. The van der Waals surface area contributed by atoms with Crippen LogP contribution in [0.15, 0.2) is 42.1 Å². The van der Waals surface area contributed by atoms with Gasteiger partial charge in [-0.25, -0.2) is 4.98 Å². The molecule has 0 N–H and O–H groups in total. The van der Waals surface area contributed by atoms with Gasteiger partial charge in [0.15, 0.2) is 5.75 Å². The van der Waals surface area contributed by atoms with Crippen LogP contribution in [0.25, 0.3) is 0 Å². The molecule has 2 fully saturated rings. The predicted octanol–water partition coefficient (Wildman–Crippen LogP) is 2.46. The summed E-state index contributed by atoms with van der Waals surface area (Å²) in [6.07, 6.45) is 9.46. The third kappa shape index (κ3) is 3.30. The summed E-state index contributed by atoms with van der Waals surface area (Å²) in [7, 11) is 0. The summed E-state index contributed by atoms with van der Waals surface area (Å²) in [6, 6.07) is 3.75. The van der Waals surface area contributed by atoms with E-state index in [9.17, 15) is 4.79 Å². The van der Waals surface area contributed by atoms with E-state index in [1.54, 1.807) is 6.20 Å². The molecule has 1 unspecified atom stereocenters. The van der Waals surface area contributed by atoms with Crippen LogP contribution >= 0.6 is 0 Å². The third-order valence-corrected chi connectivity index (χ3v) is 6.32.